The Bertz CT molecular complexity index is 208. The van der Waals surface area contributed by atoms with Crippen LogP contribution in [0.2, 0.25) is 0 Å². The van der Waals surface area contributed by atoms with Crippen LogP contribution in [0.15, 0.2) is 0 Å². The molecule has 0 radical (unpaired) electrons. The molecule has 0 aromatic rings. The van der Waals surface area contributed by atoms with E-state index in [1.807, 2.05) is 0 Å². The van der Waals surface area contributed by atoms with Gasteiger partial charge in [-0.3, -0.25) is 0 Å². The van der Waals surface area contributed by atoms with Crippen molar-refractivity contribution in [1.29, 1.82) is 0 Å². The maximum Gasteiger partial charge on any atom is 0.411 e. The molecule has 0 aliphatic heterocycles. The van der Waals surface area contributed by atoms with Crippen molar-refractivity contribution in [2.45, 2.75) is 38.8 Å². The molecular weight excluding hydrogens is 231 g/mol. The van der Waals surface area contributed by atoms with E-state index in [1.165, 1.54) is 19.3 Å². The number of rotatable bonds is 7. The van der Waals surface area contributed by atoms with Gasteiger partial charge in [-0.1, -0.05) is 13.3 Å². The average Bonchev–Trinajstić information content (AvgIpc) is 2.61. The van der Waals surface area contributed by atoms with Crippen LogP contribution in [0, 0.1) is 11.8 Å². The standard InChI is InChI=1S/C12H22F3NO/c1-10-3-4-11(7-10)8-16-5-2-6-17-9-12(13,14)15/h10-11,16H,2-9H2,1H3. The Morgan fingerprint density at radius 2 is 2.06 bits per heavy atom. The Morgan fingerprint density at radius 3 is 2.65 bits per heavy atom. The molecule has 0 saturated heterocycles. The van der Waals surface area contributed by atoms with Gasteiger partial charge in [0, 0.05) is 6.61 Å². The van der Waals surface area contributed by atoms with Gasteiger partial charge in [0.05, 0.1) is 0 Å². The number of ether oxygens (including phenoxy) is 1. The van der Waals surface area contributed by atoms with Gasteiger partial charge in [0.25, 0.3) is 0 Å². The molecule has 102 valence electrons. The fourth-order valence-electron chi connectivity index (χ4n) is 2.30. The lowest BCUT2D eigenvalue weighted by Gasteiger charge is -2.11. The highest BCUT2D eigenvalue weighted by Crippen LogP contribution is 2.29. The molecule has 1 rings (SSSR count). The quantitative estimate of drug-likeness (QED) is 0.704. The first kappa shape index (κ1) is 14.8. The molecular formula is C12H22F3NO. The van der Waals surface area contributed by atoms with Crippen molar-refractivity contribution >= 4 is 0 Å². The van der Waals surface area contributed by atoms with Crippen LogP contribution in [-0.2, 0) is 4.74 Å². The summed E-state index contributed by atoms with van der Waals surface area (Å²) < 4.78 is 39.7. The predicted octanol–water partition coefficient (Wildman–Crippen LogP) is 2.98. The maximum absolute atomic E-state index is 11.7. The molecule has 17 heavy (non-hydrogen) atoms. The zero-order chi connectivity index (χ0) is 12.7. The fourth-order valence-corrected chi connectivity index (χ4v) is 2.30. The summed E-state index contributed by atoms with van der Waals surface area (Å²) in [5.74, 6) is 1.58. The van der Waals surface area contributed by atoms with Crippen LogP contribution < -0.4 is 5.32 Å². The summed E-state index contributed by atoms with van der Waals surface area (Å²) in [6.07, 6.45) is 0.295. The van der Waals surface area contributed by atoms with Crippen LogP contribution in [0.1, 0.15) is 32.6 Å². The second-order valence-corrected chi connectivity index (χ2v) is 5.01. The Morgan fingerprint density at radius 1 is 1.29 bits per heavy atom. The number of halogens is 3. The van der Waals surface area contributed by atoms with Crippen molar-refractivity contribution < 1.29 is 17.9 Å². The Kier molecular flexibility index (Phi) is 6.27. The van der Waals surface area contributed by atoms with E-state index < -0.39 is 12.8 Å². The van der Waals surface area contributed by atoms with Crippen LogP contribution in [-0.4, -0.2) is 32.5 Å². The highest BCUT2D eigenvalue weighted by Gasteiger charge is 2.27. The minimum Gasteiger partial charge on any atom is -0.372 e. The molecule has 2 atom stereocenters. The second-order valence-electron chi connectivity index (χ2n) is 5.01. The van der Waals surface area contributed by atoms with E-state index in [0.717, 1.165) is 24.9 Å². The van der Waals surface area contributed by atoms with Crippen LogP contribution in [0.3, 0.4) is 0 Å². The van der Waals surface area contributed by atoms with E-state index in [1.54, 1.807) is 0 Å². The monoisotopic (exact) mass is 253 g/mol. The zero-order valence-electron chi connectivity index (χ0n) is 10.4. The highest BCUT2D eigenvalue weighted by molar-refractivity contribution is 4.74. The molecule has 1 saturated carbocycles. The van der Waals surface area contributed by atoms with E-state index in [-0.39, 0.29) is 6.61 Å². The van der Waals surface area contributed by atoms with E-state index in [0.29, 0.717) is 6.42 Å². The van der Waals surface area contributed by atoms with Gasteiger partial charge >= 0.3 is 6.18 Å². The minimum absolute atomic E-state index is 0.174. The fraction of sp³-hybridized carbons (Fsp3) is 1.00. The molecule has 1 N–H and O–H groups in total. The molecule has 1 fully saturated rings. The number of hydrogen-bond donors (Lipinski definition) is 1. The van der Waals surface area contributed by atoms with E-state index >= 15 is 0 Å². The third-order valence-electron chi connectivity index (χ3n) is 3.14. The maximum atomic E-state index is 11.7. The summed E-state index contributed by atoms with van der Waals surface area (Å²) in [6.45, 7) is 3.04. The van der Waals surface area contributed by atoms with Crippen LogP contribution in [0.5, 0.6) is 0 Å². The molecule has 5 heteroatoms. The van der Waals surface area contributed by atoms with Crippen LogP contribution in [0.25, 0.3) is 0 Å². The lowest BCUT2D eigenvalue weighted by molar-refractivity contribution is -0.173. The summed E-state index contributed by atoms with van der Waals surface area (Å²) in [5, 5.41) is 3.28. The predicted molar refractivity (Wildman–Crippen MR) is 60.9 cm³/mol. The first-order valence-corrected chi connectivity index (χ1v) is 6.32. The Balaban J connectivity index is 1.85. The molecule has 2 nitrogen and oxygen atoms in total. The zero-order valence-corrected chi connectivity index (χ0v) is 10.4. The van der Waals surface area contributed by atoms with Gasteiger partial charge in [0.2, 0.25) is 0 Å². The smallest absolute Gasteiger partial charge is 0.372 e. The third-order valence-corrected chi connectivity index (χ3v) is 3.14. The van der Waals surface area contributed by atoms with Gasteiger partial charge in [0.15, 0.2) is 0 Å². The van der Waals surface area contributed by atoms with Crippen molar-refractivity contribution in [2.75, 3.05) is 26.3 Å². The van der Waals surface area contributed by atoms with E-state index in [2.05, 4.69) is 17.0 Å². The van der Waals surface area contributed by atoms with Crippen LogP contribution in [0.4, 0.5) is 13.2 Å². The van der Waals surface area contributed by atoms with Crippen LogP contribution >= 0.6 is 0 Å². The van der Waals surface area contributed by atoms with Gasteiger partial charge in [-0.05, 0) is 44.2 Å². The van der Waals surface area contributed by atoms with Gasteiger partial charge in [0.1, 0.15) is 6.61 Å². The van der Waals surface area contributed by atoms with Crippen molar-refractivity contribution in [3.05, 3.63) is 0 Å². The molecule has 0 aromatic heterocycles. The van der Waals surface area contributed by atoms with Crippen molar-refractivity contribution in [1.82, 2.24) is 5.32 Å². The first-order chi connectivity index (χ1) is 7.97. The Labute approximate surface area is 101 Å². The lowest BCUT2D eigenvalue weighted by atomic mass is 10.1. The summed E-state index contributed by atoms with van der Waals surface area (Å²) >= 11 is 0. The molecule has 0 heterocycles. The lowest BCUT2D eigenvalue weighted by Crippen LogP contribution is -2.24. The van der Waals surface area contributed by atoms with Crippen molar-refractivity contribution in [3.63, 3.8) is 0 Å². The molecule has 2 unspecified atom stereocenters. The molecule has 0 amide bonds. The van der Waals surface area contributed by atoms with Crippen molar-refractivity contribution in [3.8, 4) is 0 Å². The average molecular weight is 253 g/mol. The SMILES string of the molecule is CC1CCC(CNCCCOCC(F)(F)F)C1. The second kappa shape index (κ2) is 7.21. The van der Waals surface area contributed by atoms with E-state index in [4.69, 9.17) is 0 Å². The summed E-state index contributed by atoms with van der Waals surface area (Å²) in [7, 11) is 0. The normalized spacial score (nSPS) is 25.4. The van der Waals surface area contributed by atoms with Gasteiger partial charge < -0.3 is 10.1 Å². The molecule has 0 aromatic carbocycles. The summed E-state index contributed by atoms with van der Waals surface area (Å²) in [5.41, 5.74) is 0. The molecule has 1 aliphatic rings. The molecule has 0 bridgehead atoms. The van der Waals surface area contributed by atoms with Gasteiger partial charge in [-0.25, -0.2) is 0 Å². The van der Waals surface area contributed by atoms with Crippen molar-refractivity contribution in [2.24, 2.45) is 11.8 Å². The van der Waals surface area contributed by atoms with E-state index in [9.17, 15) is 13.2 Å². The topological polar surface area (TPSA) is 21.3 Å². The van der Waals surface area contributed by atoms with Gasteiger partial charge in [-0.2, -0.15) is 13.2 Å². The molecule has 1 aliphatic carbocycles. The minimum atomic E-state index is -4.20. The highest BCUT2D eigenvalue weighted by atomic mass is 19.4. The third kappa shape index (κ3) is 7.60. The van der Waals surface area contributed by atoms with Gasteiger partial charge in [-0.15, -0.1) is 0 Å². The Hall–Kier alpha value is -0.290. The summed E-state index contributed by atoms with van der Waals surface area (Å²) in [4.78, 5) is 0. The number of alkyl halides is 3. The number of hydrogen-bond acceptors (Lipinski definition) is 2. The molecule has 0 spiro atoms. The number of nitrogens with one attached hydrogen (secondary N) is 1. The largest absolute Gasteiger partial charge is 0.411 e. The first-order valence-electron chi connectivity index (χ1n) is 6.32. The summed E-state index contributed by atoms with van der Waals surface area (Å²) in [6, 6.07) is 0.